The fraction of sp³-hybridized carbons (Fsp3) is 0.375. The van der Waals surface area contributed by atoms with E-state index in [1.54, 1.807) is 0 Å². The van der Waals surface area contributed by atoms with Crippen LogP contribution in [0.4, 0.5) is 0 Å². The third-order valence-electron chi connectivity index (χ3n) is 5.53. The van der Waals surface area contributed by atoms with E-state index in [1.165, 1.54) is 0 Å². The van der Waals surface area contributed by atoms with Gasteiger partial charge in [-0.25, -0.2) is 0 Å². The van der Waals surface area contributed by atoms with Crippen LogP contribution < -0.4 is 0 Å². The van der Waals surface area contributed by atoms with Crippen LogP contribution in [0.2, 0.25) is 0 Å². The Hall–Kier alpha value is -2.15. The third kappa shape index (κ3) is 7.80. The molecule has 4 heterocycles. The van der Waals surface area contributed by atoms with E-state index in [-0.39, 0.29) is 17.1 Å². The van der Waals surface area contributed by atoms with Crippen molar-refractivity contribution in [2.75, 3.05) is 39.3 Å². The molecule has 1 fully saturated rings. The normalized spacial score (nSPS) is 16.6. The summed E-state index contributed by atoms with van der Waals surface area (Å²) in [5.74, 6) is 0. The van der Waals surface area contributed by atoms with E-state index in [9.17, 15) is 0 Å². The van der Waals surface area contributed by atoms with Gasteiger partial charge in [0, 0.05) is 77.5 Å². The summed E-state index contributed by atoms with van der Waals surface area (Å²) in [7, 11) is 0. The molecule has 1 saturated heterocycles. The van der Waals surface area contributed by atoms with Crippen molar-refractivity contribution in [2.24, 2.45) is 0 Å². The number of aromatic nitrogens is 3. The van der Waals surface area contributed by atoms with Crippen molar-refractivity contribution in [2.45, 2.75) is 19.6 Å². The first-order chi connectivity index (χ1) is 14.8. The standard InChI is InChI=1S/C24H30N6.Mn/c1-4-10-25-22(7-1)19-28-13-15-29(20-23-8-2-5-11-26-23)17-18-30(16-14-28)21-24-9-3-6-12-27-24;/h1-12H,13-21H2;/q;+3. The molecule has 0 radical (unpaired) electrons. The van der Waals surface area contributed by atoms with Crippen LogP contribution >= 0.6 is 0 Å². The largest absolute Gasteiger partial charge is 3.00 e. The topological polar surface area (TPSA) is 48.4 Å². The molecule has 0 aliphatic carbocycles. The number of hydrogen-bond acceptors (Lipinski definition) is 6. The molecule has 3 aromatic heterocycles. The third-order valence-corrected chi connectivity index (χ3v) is 5.53. The molecule has 160 valence electrons. The van der Waals surface area contributed by atoms with Gasteiger partial charge in [0.15, 0.2) is 0 Å². The summed E-state index contributed by atoms with van der Waals surface area (Å²) in [6, 6.07) is 18.5. The zero-order valence-corrected chi connectivity index (χ0v) is 19.0. The summed E-state index contributed by atoms with van der Waals surface area (Å²) in [5, 5.41) is 0. The molecule has 0 unspecified atom stereocenters. The Morgan fingerprint density at radius 3 is 1.00 bits per heavy atom. The maximum atomic E-state index is 4.53. The van der Waals surface area contributed by atoms with Crippen molar-refractivity contribution < 1.29 is 17.1 Å². The monoisotopic (exact) mass is 457 g/mol. The van der Waals surface area contributed by atoms with Crippen LogP contribution in [0.1, 0.15) is 17.1 Å². The Morgan fingerprint density at radius 1 is 0.484 bits per heavy atom. The van der Waals surface area contributed by atoms with Crippen molar-refractivity contribution in [3.05, 3.63) is 90.3 Å². The molecule has 31 heavy (non-hydrogen) atoms. The molecule has 3 aromatic rings. The van der Waals surface area contributed by atoms with Gasteiger partial charge >= 0.3 is 17.1 Å². The molecule has 0 amide bonds. The van der Waals surface area contributed by atoms with Gasteiger partial charge in [-0.1, -0.05) is 18.2 Å². The minimum atomic E-state index is 0. The predicted molar refractivity (Wildman–Crippen MR) is 119 cm³/mol. The van der Waals surface area contributed by atoms with Gasteiger partial charge in [-0.05, 0) is 36.4 Å². The maximum Gasteiger partial charge on any atom is 3.00 e. The summed E-state index contributed by atoms with van der Waals surface area (Å²) >= 11 is 0. The Morgan fingerprint density at radius 2 is 0.774 bits per heavy atom. The van der Waals surface area contributed by atoms with Crippen LogP contribution in [-0.4, -0.2) is 68.9 Å². The van der Waals surface area contributed by atoms with E-state index in [0.717, 1.165) is 76.0 Å². The molecule has 1 aliphatic rings. The Balaban J connectivity index is 0.00000272. The number of nitrogens with zero attached hydrogens (tertiary/aromatic N) is 6. The van der Waals surface area contributed by atoms with Crippen molar-refractivity contribution in [3.63, 3.8) is 0 Å². The Kier molecular flexibility index (Phi) is 9.59. The van der Waals surface area contributed by atoms with Crippen LogP contribution in [0.5, 0.6) is 0 Å². The second kappa shape index (κ2) is 12.6. The molecule has 0 aromatic carbocycles. The zero-order valence-electron chi connectivity index (χ0n) is 17.9. The van der Waals surface area contributed by atoms with E-state index in [4.69, 9.17) is 0 Å². The van der Waals surface area contributed by atoms with Crippen molar-refractivity contribution >= 4 is 0 Å². The average molecular weight is 457 g/mol. The zero-order chi connectivity index (χ0) is 20.4. The molecule has 7 heteroatoms. The molecule has 4 rings (SSSR count). The average Bonchev–Trinajstić information content (AvgIpc) is 2.88. The number of pyridine rings is 3. The van der Waals surface area contributed by atoms with Crippen LogP contribution in [0.15, 0.2) is 73.2 Å². The van der Waals surface area contributed by atoms with Gasteiger partial charge in [0.1, 0.15) is 0 Å². The SMILES string of the molecule is [Mn+3].c1ccc(CN2CCN(Cc3ccccn3)CCN(Cc3ccccn3)CC2)nc1. The van der Waals surface area contributed by atoms with Gasteiger partial charge in [-0.3, -0.25) is 29.7 Å². The van der Waals surface area contributed by atoms with E-state index < -0.39 is 0 Å². The maximum absolute atomic E-state index is 4.53. The molecule has 1 aliphatic heterocycles. The van der Waals surface area contributed by atoms with Crippen LogP contribution in [-0.2, 0) is 36.7 Å². The van der Waals surface area contributed by atoms with Crippen LogP contribution in [0.3, 0.4) is 0 Å². The van der Waals surface area contributed by atoms with Gasteiger partial charge in [-0.15, -0.1) is 0 Å². The molecule has 0 N–H and O–H groups in total. The Bertz CT molecular complexity index is 735. The summed E-state index contributed by atoms with van der Waals surface area (Å²) in [5.41, 5.74) is 3.39. The second-order valence-electron chi connectivity index (χ2n) is 7.79. The van der Waals surface area contributed by atoms with Crippen molar-refractivity contribution in [1.29, 1.82) is 0 Å². The Labute approximate surface area is 195 Å². The number of rotatable bonds is 6. The smallest absolute Gasteiger partial charge is 0.295 e. The molecule has 0 atom stereocenters. The van der Waals surface area contributed by atoms with E-state index in [2.05, 4.69) is 66.0 Å². The summed E-state index contributed by atoms with van der Waals surface area (Å²) in [6.45, 7) is 8.83. The van der Waals surface area contributed by atoms with Gasteiger partial charge in [0.05, 0.1) is 17.1 Å². The first kappa shape index (κ1) is 23.5. The van der Waals surface area contributed by atoms with Crippen LogP contribution in [0.25, 0.3) is 0 Å². The minimum absolute atomic E-state index is 0. The molecular formula is C24H30MnN6+3. The van der Waals surface area contributed by atoms with E-state index in [0.29, 0.717) is 0 Å². The fourth-order valence-electron chi connectivity index (χ4n) is 3.82. The van der Waals surface area contributed by atoms with Gasteiger partial charge in [0.2, 0.25) is 0 Å². The predicted octanol–water partition coefficient (Wildman–Crippen LogP) is 2.69. The summed E-state index contributed by atoms with van der Waals surface area (Å²) in [6.07, 6.45) is 5.64. The van der Waals surface area contributed by atoms with Crippen LogP contribution in [0, 0.1) is 0 Å². The number of hydrogen-bond donors (Lipinski definition) is 0. The van der Waals surface area contributed by atoms with E-state index >= 15 is 0 Å². The van der Waals surface area contributed by atoms with Gasteiger partial charge in [0.25, 0.3) is 0 Å². The van der Waals surface area contributed by atoms with Gasteiger partial charge in [-0.2, -0.15) is 0 Å². The molecular weight excluding hydrogens is 427 g/mol. The first-order valence-corrected chi connectivity index (χ1v) is 10.7. The molecule has 0 bridgehead atoms. The van der Waals surface area contributed by atoms with E-state index in [1.807, 2.05) is 36.8 Å². The molecule has 0 saturated carbocycles. The molecule has 6 nitrogen and oxygen atoms in total. The van der Waals surface area contributed by atoms with Crippen molar-refractivity contribution in [3.8, 4) is 0 Å². The van der Waals surface area contributed by atoms with Crippen molar-refractivity contribution in [1.82, 2.24) is 29.7 Å². The van der Waals surface area contributed by atoms with Gasteiger partial charge < -0.3 is 0 Å². The summed E-state index contributed by atoms with van der Waals surface area (Å²) in [4.78, 5) is 21.2. The summed E-state index contributed by atoms with van der Waals surface area (Å²) < 4.78 is 0. The fourth-order valence-corrected chi connectivity index (χ4v) is 3.82. The quantitative estimate of drug-likeness (QED) is 0.531. The second-order valence-corrected chi connectivity index (χ2v) is 7.79. The minimum Gasteiger partial charge on any atom is -0.295 e. The first-order valence-electron chi connectivity index (χ1n) is 10.7. The molecule has 0 spiro atoms.